The van der Waals surface area contributed by atoms with Crippen molar-refractivity contribution in [2.45, 2.75) is 65.2 Å². The van der Waals surface area contributed by atoms with Crippen LogP contribution in [0, 0.1) is 12.1 Å². The molecule has 0 bridgehead atoms. The minimum absolute atomic E-state index is 0.167. The van der Waals surface area contributed by atoms with E-state index in [1.165, 1.54) is 93.5 Å². The molecule has 0 fully saturated rings. The van der Waals surface area contributed by atoms with Crippen LogP contribution >= 0.6 is 0 Å². The second-order valence-electron chi connectivity index (χ2n) is 14.8. The van der Waals surface area contributed by atoms with E-state index in [1.54, 1.807) is 0 Å². The maximum atomic E-state index is 3.67. The molecule has 1 heteroatoms. The Bertz CT molecular complexity index is 2010. The fraction of sp³-hybridized carbons (Fsp3) is 0.213. The third kappa shape index (κ3) is 7.85. The first kappa shape index (κ1) is 34.0. The number of fused-ring (bicyclic) bond motifs is 5. The third-order valence-electron chi connectivity index (χ3n) is 9.13. The van der Waals surface area contributed by atoms with E-state index in [-0.39, 0.29) is 10.8 Å². The van der Waals surface area contributed by atoms with Gasteiger partial charge in [0.25, 0.3) is 0 Å². The molecule has 0 spiro atoms. The summed E-state index contributed by atoms with van der Waals surface area (Å²) in [4.78, 5) is 0. The van der Waals surface area contributed by atoms with Crippen molar-refractivity contribution in [3.05, 3.63) is 179 Å². The van der Waals surface area contributed by atoms with E-state index in [2.05, 4.69) is 175 Å². The summed E-state index contributed by atoms with van der Waals surface area (Å²) in [7, 11) is 0. The Hall–Kier alpha value is -3.93. The second-order valence-corrected chi connectivity index (χ2v) is 16.0. The Morgan fingerprint density at radius 1 is 0.604 bits per heavy atom. The van der Waals surface area contributed by atoms with Crippen LogP contribution in [0.5, 0.6) is 0 Å². The van der Waals surface area contributed by atoms with Crippen molar-refractivity contribution in [2.75, 3.05) is 0 Å². The zero-order valence-corrected chi connectivity index (χ0v) is 31.6. The van der Waals surface area contributed by atoms with Crippen LogP contribution in [0.4, 0.5) is 0 Å². The number of hydrogen-bond donors (Lipinski definition) is 0. The van der Waals surface area contributed by atoms with E-state index < -0.39 is 0 Å². The standard InChI is InChI=1S/C21H14.C21H25.C5H5.Zr/c1-3-7-20-14-16(9-11-18(20)5-1)13-17-10-12-19-6-2-4-8-21(19)15-17;1-20(2,3)16-7-9-18-14(12-16)11-15-13-17(21(4,5)6)8-10-19(15)18;1-2-4-5-3-1;/h1-12,14-15H;7-10,12H,11H2,1-6H3;1-3H,4H2;/q;2*-1;+2. The molecule has 6 aromatic rings. The summed E-state index contributed by atoms with van der Waals surface area (Å²) < 4.78 is 1.41. The molecule has 2 aliphatic carbocycles. The molecule has 0 unspecified atom stereocenters. The summed E-state index contributed by atoms with van der Waals surface area (Å²) in [6.45, 7) is 13.6. The van der Waals surface area contributed by atoms with E-state index in [4.69, 9.17) is 0 Å². The molecule has 48 heavy (non-hydrogen) atoms. The van der Waals surface area contributed by atoms with Gasteiger partial charge in [-0.15, -0.1) is 17.5 Å². The Morgan fingerprint density at radius 3 is 1.69 bits per heavy atom. The first-order chi connectivity index (χ1) is 23.0. The van der Waals surface area contributed by atoms with Gasteiger partial charge in [-0.2, -0.15) is 29.8 Å². The molecule has 0 N–H and O–H groups in total. The van der Waals surface area contributed by atoms with Gasteiger partial charge in [0.15, 0.2) is 0 Å². The normalized spacial score (nSPS) is 13.0. The van der Waals surface area contributed by atoms with Crippen molar-refractivity contribution in [1.29, 1.82) is 0 Å². The molecular formula is C47H44Zr. The molecular weight excluding hydrogens is 656 g/mol. The first-order valence-electron chi connectivity index (χ1n) is 17.0. The fourth-order valence-corrected chi connectivity index (χ4v) is 6.99. The van der Waals surface area contributed by atoms with Crippen molar-refractivity contribution < 1.29 is 24.2 Å². The number of rotatable bonds is 2. The minimum atomic E-state index is 0.167. The van der Waals surface area contributed by atoms with Crippen molar-refractivity contribution >= 4 is 24.8 Å². The molecule has 8 rings (SSSR count). The predicted molar refractivity (Wildman–Crippen MR) is 204 cm³/mol. The zero-order valence-electron chi connectivity index (χ0n) is 29.1. The average Bonchev–Trinajstić information content (AvgIpc) is 3.79. The van der Waals surface area contributed by atoms with Crippen molar-refractivity contribution in [2.24, 2.45) is 0 Å². The SMILES string of the molecule is CC(C)(C)c1[c-]c2c(cc1)-c1ccc(C(C)(C)C)cc1C2.[C-]1=CC=CC1.[Zr+2]=[C](c1ccc2ccccc2c1)c1ccc2ccccc2c1. The number of hydrogen-bond acceptors (Lipinski definition) is 0. The van der Waals surface area contributed by atoms with Gasteiger partial charge in [-0.25, -0.2) is 12.2 Å². The van der Waals surface area contributed by atoms with Gasteiger partial charge in [-0.05, 0) is 28.4 Å². The van der Waals surface area contributed by atoms with Crippen molar-refractivity contribution in [3.63, 3.8) is 0 Å². The van der Waals surface area contributed by atoms with Crippen LogP contribution in [0.15, 0.2) is 133 Å². The Kier molecular flexibility index (Phi) is 10.1. The molecule has 2 aliphatic rings. The summed E-state index contributed by atoms with van der Waals surface area (Å²) in [6.07, 6.45) is 11.0. The zero-order chi connectivity index (χ0) is 33.9. The first-order valence-corrected chi connectivity index (χ1v) is 18.2. The van der Waals surface area contributed by atoms with E-state index in [0.29, 0.717) is 0 Å². The van der Waals surface area contributed by atoms with Gasteiger partial charge in [0.2, 0.25) is 0 Å². The Balaban J connectivity index is 0.000000146. The Labute approximate surface area is 302 Å². The monoisotopic (exact) mass is 698 g/mol. The van der Waals surface area contributed by atoms with Crippen LogP contribution in [-0.4, -0.2) is 3.21 Å². The summed E-state index contributed by atoms with van der Waals surface area (Å²) >= 11 is 1.44. The molecule has 0 saturated carbocycles. The van der Waals surface area contributed by atoms with Crippen LogP contribution < -0.4 is 0 Å². The van der Waals surface area contributed by atoms with E-state index in [9.17, 15) is 0 Å². The topological polar surface area (TPSA) is 0 Å². The van der Waals surface area contributed by atoms with Crippen LogP contribution in [0.2, 0.25) is 0 Å². The molecule has 0 amide bonds. The molecule has 0 heterocycles. The molecule has 6 aromatic carbocycles. The van der Waals surface area contributed by atoms with Gasteiger partial charge in [-0.1, -0.05) is 65.3 Å². The third-order valence-corrected chi connectivity index (χ3v) is 10.5. The second kappa shape index (κ2) is 14.3. The van der Waals surface area contributed by atoms with Gasteiger partial charge >= 0.3 is 145 Å². The van der Waals surface area contributed by atoms with Gasteiger partial charge in [-0.3, -0.25) is 6.08 Å². The summed E-state index contributed by atoms with van der Waals surface area (Å²) in [5.41, 5.74) is 11.4. The van der Waals surface area contributed by atoms with Crippen LogP contribution in [0.25, 0.3) is 32.7 Å². The van der Waals surface area contributed by atoms with E-state index in [1.807, 2.05) is 12.2 Å². The molecule has 0 saturated heterocycles. The van der Waals surface area contributed by atoms with Crippen LogP contribution in [0.1, 0.15) is 81.3 Å². The van der Waals surface area contributed by atoms with Crippen LogP contribution in [0.3, 0.4) is 0 Å². The van der Waals surface area contributed by atoms with Gasteiger partial charge in [0.1, 0.15) is 0 Å². The predicted octanol–water partition coefficient (Wildman–Crippen LogP) is 12.1. The summed E-state index contributed by atoms with van der Waals surface area (Å²) in [6, 6.07) is 45.8. The van der Waals surface area contributed by atoms with Crippen molar-refractivity contribution in [3.8, 4) is 11.1 Å². The fourth-order valence-electron chi connectivity index (χ4n) is 6.22. The Morgan fingerprint density at radius 2 is 1.19 bits per heavy atom. The summed E-state index contributed by atoms with van der Waals surface area (Å²) in [5, 5.41) is 5.21. The quantitative estimate of drug-likeness (QED) is 0.158. The van der Waals surface area contributed by atoms with Gasteiger partial charge < -0.3 is 0 Å². The van der Waals surface area contributed by atoms with E-state index in [0.717, 1.165) is 12.8 Å². The van der Waals surface area contributed by atoms with Crippen molar-refractivity contribution in [1.82, 2.24) is 0 Å². The summed E-state index contributed by atoms with van der Waals surface area (Å²) in [5.74, 6) is 0. The molecule has 0 radical (unpaired) electrons. The maximum absolute atomic E-state index is 3.67. The van der Waals surface area contributed by atoms with E-state index >= 15 is 0 Å². The molecule has 236 valence electrons. The molecule has 0 nitrogen and oxygen atoms in total. The van der Waals surface area contributed by atoms with Crippen LogP contribution in [-0.2, 0) is 41.5 Å². The number of allylic oxidation sites excluding steroid dienone is 4. The number of benzene rings is 6. The molecule has 0 atom stereocenters. The van der Waals surface area contributed by atoms with Gasteiger partial charge in [0, 0.05) is 0 Å². The molecule has 0 aromatic heterocycles. The van der Waals surface area contributed by atoms with Gasteiger partial charge in [0.05, 0.1) is 0 Å². The average molecular weight is 700 g/mol. The molecule has 0 aliphatic heterocycles.